The first kappa shape index (κ1) is 16.9. The zero-order valence-electron chi connectivity index (χ0n) is 14.4. The number of amides is 1. The van der Waals surface area contributed by atoms with Crippen molar-refractivity contribution in [1.29, 1.82) is 0 Å². The Bertz CT molecular complexity index is 855. The van der Waals surface area contributed by atoms with Gasteiger partial charge in [0.25, 0.3) is 0 Å². The maximum absolute atomic E-state index is 11.6. The highest BCUT2D eigenvalue weighted by molar-refractivity contribution is 5.83. The number of alkyl carbamates (subject to hydrolysis) is 1. The number of ether oxygens (including phenoxy) is 2. The molecule has 130 valence electrons. The van der Waals surface area contributed by atoms with Gasteiger partial charge in [0.2, 0.25) is 0 Å². The molecule has 0 aliphatic rings. The summed E-state index contributed by atoms with van der Waals surface area (Å²) < 4.78 is 16.5. The number of fused-ring (bicyclic) bond motifs is 1. The Morgan fingerprint density at radius 3 is 2.72 bits per heavy atom. The third kappa shape index (κ3) is 4.32. The van der Waals surface area contributed by atoms with Gasteiger partial charge in [-0.05, 0) is 37.1 Å². The fourth-order valence-electron chi connectivity index (χ4n) is 2.51. The first-order valence-electron chi connectivity index (χ1n) is 8.20. The predicted octanol–water partition coefficient (Wildman–Crippen LogP) is 4.35. The molecule has 2 aromatic carbocycles. The third-order valence-corrected chi connectivity index (χ3v) is 4.00. The van der Waals surface area contributed by atoms with Gasteiger partial charge in [0.1, 0.15) is 30.3 Å². The summed E-state index contributed by atoms with van der Waals surface area (Å²) in [6, 6.07) is 15.3. The van der Waals surface area contributed by atoms with Gasteiger partial charge in [0.15, 0.2) is 0 Å². The van der Waals surface area contributed by atoms with Gasteiger partial charge in [-0.3, -0.25) is 0 Å². The van der Waals surface area contributed by atoms with Gasteiger partial charge in [-0.25, -0.2) is 4.79 Å². The first-order chi connectivity index (χ1) is 12.1. The standard InChI is InChI=1S/C20H21NO4/c1-14-15(2)25-19-12-17(8-9-18(14)19)23-11-10-21-20(22)24-13-16-6-4-3-5-7-16/h3-9,12H,10-11,13H2,1-2H3,(H,21,22). The molecule has 1 N–H and O–H groups in total. The van der Waals surface area contributed by atoms with Crippen LogP contribution in [-0.2, 0) is 11.3 Å². The molecule has 0 radical (unpaired) electrons. The molecule has 0 saturated carbocycles. The molecule has 0 unspecified atom stereocenters. The molecule has 0 aliphatic heterocycles. The predicted molar refractivity (Wildman–Crippen MR) is 95.8 cm³/mol. The molecule has 0 saturated heterocycles. The van der Waals surface area contributed by atoms with E-state index in [0.717, 1.165) is 27.9 Å². The molecular weight excluding hydrogens is 318 g/mol. The Hall–Kier alpha value is -2.95. The van der Waals surface area contributed by atoms with Gasteiger partial charge in [0.05, 0.1) is 6.54 Å². The Balaban J connectivity index is 1.41. The summed E-state index contributed by atoms with van der Waals surface area (Å²) in [5.74, 6) is 1.62. The van der Waals surface area contributed by atoms with Gasteiger partial charge < -0.3 is 19.2 Å². The van der Waals surface area contributed by atoms with Crippen LogP contribution >= 0.6 is 0 Å². The Labute approximate surface area is 146 Å². The van der Waals surface area contributed by atoms with Crippen LogP contribution in [0.25, 0.3) is 11.0 Å². The van der Waals surface area contributed by atoms with Crippen LogP contribution in [0.4, 0.5) is 4.79 Å². The highest BCUT2D eigenvalue weighted by Gasteiger charge is 2.08. The minimum absolute atomic E-state index is 0.251. The van der Waals surface area contributed by atoms with Crippen LogP contribution in [0.5, 0.6) is 5.75 Å². The van der Waals surface area contributed by atoms with Crippen molar-refractivity contribution >= 4 is 17.1 Å². The summed E-state index contributed by atoms with van der Waals surface area (Å²) in [7, 11) is 0. The number of hydrogen-bond donors (Lipinski definition) is 1. The van der Waals surface area contributed by atoms with Crippen LogP contribution in [0.15, 0.2) is 52.9 Å². The number of nitrogens with one attached hydrogen (secondary N) is 1. The SMILES string of the molecule is Cc1oc2cc(OCCNC(=O)OCc3ccccc3)ccc2c1C. The summed E-state index contributed by atoms with van der Waals surface area (Å²) in [5.41, 5.74) is 2.90. The van der Waals surface area contributed by atoms with Crippen LogP contribution < -0.4 is 10.1 Å². The largest absolute Gasteiger partial charge is 0.492 e. The maximum atomic E-state index is 11.6. The molecule has 25 heavy (non-hydrogen) atoms. The van der Waals surface area contributed by atoms with Crippen LogP contribution in [0, 0.1) is 13.8 Å². The van der Waals surface area contributed by atoms with Crippen LogP contribution in [0.2, 0.25) is 0 Å². The monoisotopic (exact) mass is 339 g/mol. The second-order valence-corrected chi connectivity index (χ2v) is 5.78. The highest BCUT2D eigenvalue weighted by atomic mass is 16.5. The lowest BCUT2D eigenvalue weighted by Gasteiger charge is -2.08. The molecule has 0 fully saturated rings. The number of carbonyl (C=O) groups excluding carboxylic acids is 1. The van der Waals surface area contributed by atoms with Gasteiger partial charge >= 0.3 is 6.09 Å². The van der Waals surface area contributed by atoms with E-state index in [-0.39, 0.29) is 6.61 Å². The average Bonchev–Trinajstić information content (AvgIpc) is 2.91. The fourth-order valence-corrected chi connectivity index (χ4v) is 2.51. The number of carbonyl (C=O) groups is 1. The van der Waals surface area contributed by atoms with Crippen molar-refractivity contribution in [2.75, 3.05) is 13.2 Å². The number of rotatable bonds is 6. The molecule has 0 atom stereocenters. The first-order valence-corrected chi connectivity index (χ1v) is 8.20. The third-order valence-electron chi connectivity index (χ3n) is 4.00. The van der Waals surface area contributed by atoms with Gasteiger partial charge in [-0.2, -0.15) is 0 Å². The Morgan fingerprint density at radius 1 is 1.12 bits per heavy atom. The van der Waals surface area contributed by atoms with E-state index in [4.69, 9.17) is 13.9 Å². The molecular formula is C20H21NO4. The number of aryl methyl sites for hydroxylation is 2. The summed E-state index contributed by atoms with van der Waals surface area (Å²) in [4.78, 5) is 11.6. The van der Waals surface area contributed by atoms with Crippen molar-refractivity contribution in [2.24, 2.45) is 0 Å². The lowest BCUT2D eigenvalue weighted by Crippen LogP contribution is -2.28. The van der Waals surface area contributed by atoms with E-state index >= 15 is 0 Å². The van der Waals surface area contributed by atoms with E-state index in [1.165, 1.54) is 0 Å². The number of benzene rings is 2. The van der Waals surface area contributed by atoms with Gasteiger partial charge in [-0.15, -0.1) is 0 Å². The Morgan fingerprint density at radius 2 is 1.92 bits per heavy atom. The van der Waals surface area contributed by atoms with Crippen molar-refractivity contribution in [1.82, 2.24) is 5.32 Å². The maximum Gasteiger partial charge on any atom is 0.407 e. The second kappa shape index (κ2) is 7.75. The fraction of sp³-hybridized carbons (Fsp3) is 0.250. The Kier molecular flexibility index (Phi) is 5.23. The average molecular weight is 339 g/mol. The summed E-state index contributed by atoms with van der Waals surface area (Å²) >= 11 is 0. The smallest absolute Gasteiger partial charge is 0.407 e. The highest BCUT2D eigenvalue weighted by Crippen LogP contribution is 2.27. The topological polar surface area (TPSA) is 60.7 Å². The molecule has 3 rings (SSSR count). The number of furan rings is 1. The summed E-state index contributed by atoms with van der Waals surface area (Å²) in [5, 5.41) is 3.75. The normalized spacial score (nSPS) is 10.6. The van der Waals surface area contributed by atoms with E-state index in [0.29, 0.717) is 18.9 Å². The van der Waals surface area contributed by atoms with Crippen molar-refractivity contribution in [2.45, 2.75) is 20.5 Å². The minimum atomic E-state index is -0.458. The van der Waals surface area contributed by atoms with Crippen LogP contribution in [-0.4, -0.2) is 19.2 Å². The van der Waals surface area contributed by atoms with Gasteiger partial charge in [0, 0.05) is 11.5 Å². The molecule has 5 nitrogen and oxygen atoms in total. The molecule has 1 heterocycles. The summed E-state index contributed by atoms with van der Waals surface area (Å²) in [6.07, 6.45) is -0.458. The lowest BCUT2D eigenvalue weighted by molar-refractivity contribution is 0.137. The van der Waals surface area contributed by atoms with Crippen molar-refractivity contribution in [3.63, 3.8) is 0 Å². The molecule has 1 amide bonds. The van der Waals surface area contributed by atoms with E-state index in [1.807, 2.05) is 62.4 Å². The molecule has 3 aromatic rings. The van der Waals surface area contributed by atoms with Crippen molar-refractivity contribution in [3.05, 3.63) is 65.4 Å². The molecule has 0 spiro atoms. The zero-order valence-corrected chi connectivity index (χ0v) is 14.4. The van der Waals surface area contributed by atoms with E-state index in [2.05, 4.69) is 5.32 Å². The summed E-state index contributed by atoms with van der Waals surface area (Å²) in [6.45, 7) is 4.95. The van der Waals surface area contributed by atoms with Crippen molar-refractivity contribution < 1.29 is 18.7 Å². The number of hydrogen-bond acceptors (Lipinski definition) is 4. The molecule has 1 aromatic heterocycles. The van der Waals surface area contributed by atoms with Crippen LogP contribution in [0.3, 0.4) is 0 Å². The van der Waals surface area contributed by atoms with E-state index in [1.54, 1.807) is 0 Å². The second-order valence-electron chi connectivity index (χ2n) is 5.78. The van der Waals surface area contributed by atoms with E-state index < -0.39 is 6.09 Å². The van der Waals surface area contributed by atoms with Gasteiger partial charge in [-0.1, -0.05) is 30.3 Å². The van der Waals surface area contributed by atoms with Crippen molar-refractivity contribution in [3.8, 4) is 5.75 Å². The lowest BCUT2D eigenvalue weighted by atomic mass is 10.1. The molecule has 0 bridgehead atoms. The molecule has 5 heteroatoms. The minimum Gasteiger partial charge on any atom is -0.492 e. The van der Waals surface area contributed by atoms with Crippen LogP contribution in [0.1, 0.15) is 16.9 Å². The zero-order chi connectivity index (χ0) is 17.6. The quantitative estimate of drug-likeness (QED) is 0.678. The molecule has 0 aliphatic carbocycles. The van der Waals surface area contributed by atoms with E-state index in [9.17, 15) is 4.79 Å².